The molecule has 0 radical (unpaired) electrons. The van der Waals surface area contributed by atoms with Crippen molar-refractivity contribution in [2.24, 2.45) is 0 Å². The fraction of sp³-hybridized carbons (Fsp3) is 0.400. The Kier molecular flexibility index (Phi) is 3.42. The highest BCUT2D eigenvalue weighted by atomic mass is 35.5. The van der Waals surface area contributed by atoms with Crippen LogP contribution in [0.2, 0.25) is 0 Å². The van der Waals surface area contributed by atoms with E-state index in [0.717, 1.165) is 18.7 Å². The summed E-state index contributed by atoms with van der Waals surface area (Å²) in [4.78, 5) is 0. The molecule has 0 heterocycles. The summed E-state index contributed by atoms with van der Waals surface area (Å²) < 4.78 is 1.76. The van der Waals surface area contributed by atoms with Gasteiger partial charge in [0, 0.05) is 18.3 Å². The van der Waals surface area contributed by atoms with Crippen molar-refractivity contribution in [2.45, 2.75) is 20.3 Å². The van der Waals surface area contributed by atoms with Gasteiger partial charge in [-0.15, -0.1) is 0 Å². The zero-order valence-corrected chi connectivity index (χ0v) is 8.30. The Labute approximate surface area is 79.1 Å². The van der Waals surface area contributed by atoms with Crippen LogP contribution in [0.25, 0.3) is 0 Å². The van der Waals surface area contributed by atoms with Gasteiger partial charge in [-0.25, -0.2) is 0 Å². The third kappa shape index (κ3) is 2.42. The largest absolute Gasteiger partial charge is 0.285 e. The van der Waals surface area contributed by atoms with Crippen LogP contribution in [-0.2, 0) is 0 Å². The lowest BCUT2D eigenvalue weighted by Gasteiger charge is -2.14. The zero-order chi connectivity index (χ0) is 8.97. The molecule has 0 atom stereocenters. The number of nitrogens with zero attached hydrogens (tertiary/aromatic N) is 1. The second kappa shape index (κ2) is 4.36. The molecule has 0 aliphatic rings. The molecule has 1 aromatic rings. The Morgan fingerprint density at radius 1 is 1.42 bits per heavy atom. The second-order valence-electron chi connectivity index (χ2n) is 2.92. The Hall–Kier alpha value is -0.690. The first-order valence-electron chi connectivity index (χ1n) is 4.24. The van der Waals surface area contributed by atoms with Crippen LogP contribution in [0.15, 0.2) is 24.3 Å². The molecule has 0 fully saturated rings. The van der Waals surface area contributed by atoms with E-state index in [2.05, 4.69) is 26.0 Å². The Bertz CT molecular complexity index is 247. The number of benzene rings is 1. The summed E-state index contributed by atoms with van der Waals surface area (Å²) in [6.07, 6.45) is 1.07. The van der Waals surface area contributed by atoms with Gasteiger partial charge in [0.15, 0.2) is 0 Å². The van der Waals surface area contributed by atoms with Gasteiger partial charge in [0.2, 0.25) is 0 Å². The van der Waals surface area contributed by atoms with Gasteiger partial charge in [0.05, 0.1) is 5.69 Å². The van der Waals surface area contributed by atoms with E-state index in [1.54, 1.807) is 4.42 Å². The molecule has 0 spiro atoms. The maximum atomic E-state index is 6.01. The standard InChI is InChI=1S/C10H14ClN/c1-3-7-12(11)10-6-4-5-9(2)8-10/h4-6,8H,3,7H2,1-2H3. The van der Waals surface area contributed by atoms with Crippen LogP contribution in [0.5, 0.6) is 0 Å². The lowest BCUT2D eigenvalue weighted by Crippen LogP contribution is -2.10. The van der Waals surface area contributed by atoms with Crippen molar-refractivity contribution in [1.82, 2.24) is 0 Å². The molecule has 0 saturated carbocycles. The number of hydrogen-bond acceptors (Lipinski definition) is 1. The van der Waals surface area contributed by atoms with Crippen LogP contribution in [0.4, 0.5) is 5.69 Å². The molecule has 2 heteroatoms. The van der Waals surface area contributed by atoms with Crippen molar-refractivity contribution in [3.8, 4) is 0 Å². The van der Waals surface area contributed by atoms with E-state index >= 15 is 0 Å². The highest BCUT2D eigenvalue weighted by Gasteiger charge is 2.00. The summed E-state index contributed by atoms with van der Waals surface area (Å²) in [6.45, 7) is 5.08. The van der Waals surface area contributed by atoms with Crippen LogP contribution in [-0.4, -0.2) is 6.54 Å². The third-order valence-electron chi connectivity index (χ3n) is 1.70. The second-order valence-corrected chi connectivity index (χ2v) is 3.33. The summed E-state index contributed by atoms with van der Waals surface area (Å²) in [7, 11) is 0. The molecular weight excluding hydrogens is 170 g/mol. The lowest BCUT2D eigenvalue weighted by molar-refractivity contribution is 0.924. The van der Waals surface area contributed by atoms with E-state index < -0.39 is 0 Å². The quantitative estimate of drug-likeness (QED) is 0.650. The minimum atomic E-state index is 0.894. The fourth-order valence-electron chi connectivity index (χ4n) is 1.10. The molecule has 1 aromatic carbocycles. The minimum absolute atomic E-state index is 0.894. The molecule has 66 valence electrons. The molecule has 0 aromatic heterocycles. The predicted octanol–water partition coefficient (Wildman–Crippen LogP) is 3.37. The van der Waals surface area contributed by atoms with Crippen LogP contribution < -0.4 is 4.42 Å². The number of rotatable bonds is 3. The molecule has 12 heavy (non-hydrogen) atoms. The summed E-state index contributed by atoms with van der Waals surface area (Å²) in [6, 6.07) is 8.20. The van der Waals surface area contributed by atoms with E-state index in [-0.39, 0.29) is 0 Å². The summed E-state index contributed by atoms with van der Waals surface area (Å²) in [5, 5.41) is 0. The molecule has 1 rings (SSSR count). The van der Waals surface area contributed by atoms with Crippen LogP contribution in [0.1, 0.15) is 18.9 Å². The lowest BCUT2D eigenvalue weighted by atomic mass is 10.2. The SMILES string of the molecule is CCCN(Cl)c1cccc(C)c1. The zero-order valence-electron chi connectivity index (χ0n) is 7.55. The van der Waals surface area contributed by atoms with Crippen molar-refractivity contribution >= 4 is 17.5 Å². The molecular formula is C10H14ClN. The predicted molar refractivity (Wildman–Crippen MR) is 54.7 cm³/mol. The first-order chi connectivity index (χ1) is 5.74. The minimum Gasteiger partial charge on any atom is -0.285 e. The van der Waals surface area contributed by atoms with Gasteiger partial charge in [-0.3, -0.25) is 4.42 Å². The van der Waals surface area contributed by atoms with Gasteiger partial charge < -0.3 is 0 Å². The maximum Gasteiger partial charge on any atom is 0.0525 e. The van der Waals surface area contributed by atoms with Crippen LogP contribution in [0, 0.1) is 6.92 Å². The van der Waals surface area contributed by atoms with Crippen LogP contribution >= 0.6 is 11.8 Å². The number of aryl methyl sites for hydroxylation is 1. The highest BCUT2D eigenvalue weighted by molar-refractivity contribution is 6.25. The van der Waals surface area contributed by atoms with Crippen molar-refractivity contribution in [3.05, 3.63) is 29.8 Å². The fourth-order valence-corrected chi connectivity index (χ4v) is 1.38. The molecule has 0 unspecified atom stereocenters. The van der Waals surface area contributed by atoms with Gasteiger partial charge in [-0.1, -0.05) is 19.1 Å². The van der Waals surface area contributed by atoms with E-state index in [9.17, 15) is 0 Å². The molecule has 0 N–H and O–H groups in total. The Balaban J connectivity index is 2.73. The Morgan fingerprint density at radius 3 is 2.75 bits per heavy atom. The maximum absolute atomic E-state index is 6.01. The first kappa shape index (κ1) is 9.40. The van der Waals surface area contributed by atoms with Crippen molar-refractivity contribution in [1.29, 1.82) is 0 Å². The summed E-state index contributed by atoms with van der Waals surface area (Å²) in [5.41, 5.74) is 2.33. The summed E-state index contributed by atoms with van der Waals surface area (Å²) in [5.74, 6) is 0. The topological polar surface area (TPSA) is 3.24 Å². The van der Waals surface area contributed by atoms with Crippen LogP contribution in [0.3, 0.4) is 0 Å². The van der Waals surface area contributed by atoms with Gasteiger partial charge in [-0.05, 0) is 31.0 Å². The highest BCUT2D eigenvalue weighted by Crippen LogP contribution is 2.17. The van der Waals surface area contributed by atoms with E-state index in [1.807, 2.05) is 12.1 Å². The van der Waals surface area contributed by atoms with Crippen molar-refractivity contribution in [3.63, 3.8) is 0 Å². The number of halogens is 1. The third-order valence-corrected chi connectivity index (χ3v) is 2.07. The van der Waals surface area contributed by atoms with Crippen molar-refractivity contribution < 1.29 is 0 Å². The molecule has 0 saturated heterocycles. The monoisotopic (exact) mass is 183 g/mol. The smallest absolute Gasteiger partial charge is 0.0525 e. The first-order valence-corrected chi connectivity index (χ1v) is 4.58. The molecule has 0 aliphatic carbocycles. The Morgan fingerprint density at radius 2 is 2.17 bits per heavy atom. The van der Waals surface area contributed by atoms with Gasteiger partial charge >= 0.3 is 0 Å². The average Bonchev–Trinajstić information content (AvgIpc) is 2.05. The normalized spacial score (nSPS) is 9.92. The number of hydrogen-bond donors (Lipinski definition) is 0. The molecule has 0 amide bonds. The van der Waals surface area contributed by atoms with Crippen molar-refractivity contribution in [2.75, 3.05) is 11.0 Å². The average molecular weight is 184 g/mol. The molecule has 1 nitrogen and oxygen atoms in total. The molecule has 0 aliphatic heterocycles. The van der Waals surface area contributed by atoms with E-state index in [0.29, 0.717) is 0 Å². The van der Waals surface area contributed by atoms with E-state index in [4.69, 9.17) is 11.8 Å². The number of anilines is 1. The van der Waals surface area contributed by atoms with Gasteiger partial charge in [-0.2, -0.15) is 0 Å². The van der Waals surface area contributed by atoms with Gasteiger partial charge in [0.25, 0.3) is 0 Å². The summed E-state index contributed by atoms with van der Waals surface area (Å²) >= 11 is 6.01. The van der Waals surface area contributed by atoms with Gasteiger partial charge in [0.1, 0.15) is 0 Å². The van der Waals surface area contributed by atoms with E-state index in [1.165, 1.54) is 5.56 Å². The molecule has 0 bridgehead atoms.